The Morgan fingerprint density at radius 1 is 0.943 bits per heavy atom. The SMILES string of the molecule is COc1ccccc1C(CCC(NC(N)=O)c1ccc(C(=O)Nc2ccccc2N)cc1)N(C)C. The highest BCUT2D eigenvalue weighted by Gasteiger charge is 2.22. The number of methoxy groups -OCH3 is 1. The highest BCUT2D eigenvalue weighted by atomic mass is 16.5. The lowest BCUT2D eigenvalue weighted by molar-refractivity contribution is 0.102. The zero-order chi connectivity index (χ0) is 25.4. The first-order valence-corrected chi connectivity index (χ1v) is 11.4. The van der Waals surface area contributed by atoms with E-state index in [1.54, 1.807) is 43.5 Å². The molecule has 2 atom stereocenters. The summed E-state index contributed by atoms with van der Waals surface area (Å²) in [5, 5.41) is 5.66. The van der Waals surface area contributed by atoms with E-state index in [0.717, 1.165) is 23.3 Å². The lowest BCUT2D eigenvalue weighted by Gasteiger charge is -2.28. The third-order valence-electron chi connectivity index (χ3n) is 5.95. The molecule has 35 heavy (non-hydrogen) atoms. The highest BCUT2D eigenvalue weighted by molar-refractivity contribution is 6.05. The van der Waals surface area contributed by atoms with Gasteiger partial charge in [0.05, 0.1) is 24.5 Å². The molecule has 3 aromatic rings. The summed E-state index contributed by atoms with van der Waals surface area (Å²) in [7, 11) is 5.69. The van der Waals surface area contributed by atoms with E-state index in [1.165, 1.54) is 0 Å². The fraction of sp³-hybridized carbons (Fsp3) is 0.259. The van der Waals surface area contributed by atoms with Gasteiger partial charge in [-0.1, -0.05) is 42.5 Å². The zero-order valence-corrected chi connectivity index (χ0v) is 20.3. The van der Waals surface area contributed by atoms with Crippen LogP contribution in [0.5, 0.6) is 5.75 Å². The number of urea groups is 1. The Morgan fingerprint density at radius 3 is 2.23 bits per heavy atom. The number of hydrogen-bond acceptors (Lipinski definition) is 5. The van der Waals surface area contributed by atoms with E-state index >= 15 is 0 Å². The molecule has 0 aliphatic heterocycles. The normalized spacial score (nSPS) is 12.6. The van der Waals surface area contributed by atoms with E-state index < -0.39 is 6.03 Å². The van der Waals surface area contributed by atoms with Gasteiger partial charge in [0.25, 0.3) is 5.91 Å². The highest BCUT2D eigenvalue weighted by Crippen LogP contribution is 2.33. The van der Waals surface area contributed by atoms with Gasteiger partial charge in [0.15, 0.2) is 0 Å². The summed E-state index contributed by atoms with van der Waals surface area (Å²) in [6.07, 6.45) is 1.38. The first kappa shape index (κ1) is 25.6. The van der Waals surface area contributed by atoms with E-state index in [4.69, 9.17) is 16.2 Å². The van der Waals surface area contributed by atoms with Crippen LogP contribution < -0.4 is 26.8 Å². The van der Waals surface area contributed by atoms with Gasteiger partial charge in [-0.25, -0.2) is 4.79 Å². The number of nitrogens with two attached hydrogens (primary N) is 2. The van der Waals surface area contributed by atoms with Crippen LogP contribution in [0.1, 0.15) is 46.4 Å². The third kappa shape index (κ3) is 6.74. The number of hydrogen-bond donors (Lipinski definition) is 4. The van der Waals surface area contributed by atoms with Crippen molar-refractivity contribution in [2.24, 2.45) is 5.73 Å². The molecule has 8 nitrogen and oxygen atoms in total. The molecule has 3 rings (SSSR count). The Balaban J connectivity index is 1.75. The minimum atomic E-state index is -0.602. The van der Waals surface area contributed by atoms with Crippen molar-refractivity contribution in [1.29, 1.82) is 0 Å². The molecule has 0 fully saturated rings. The fourth-order valence-electron chi connectivity index (χ4n) is 4.12. The Bertz CT molecular complexity index is 1150. The van der Waals surface area contributed by atoms with Crippen molar-refractivity contribution in [1.82, 2.24) is 10.2 Å². The van der Waals surface area contributed by atoms with Crippen molar-refractivity contribution in [2.45, 2.75) is 24.9 Å². The second-order valence-electron chi connectivity index (χ2n) is 8.52. The van der Waals surface area contributed by atoms with Gasteiger partial charge in [-0.2, -0.15) is 0 Å². The summed E-state index contributed by atoms with van der Waals surface area (Å²) in [5.74, 6) is 0.553. The van der Waals surface area contributed by atoms with Gasteiger partial charge in [0, 0.05) is 17.2 Å². The van der Waals surface area contributed by atoms with Crippen LogP contribution in [-0.2, 0) is 0 Å². The molecule has 0 spiro atoms. The average molecular weight is 476 g/mol. The molecule has 0 bridgehead atoms. The molecular weight excluding hydrogens is 442 g/mol. The molecular formula is C27H33N5O3. The number of anilines is 2. The standard InChI is InChI=1S/C27H33N5O3/c1-32(2)24(20-8-4-7-11-25(20)35-3)17-16-22(31-27(29)34)18-12-14-19(15-13-18)26(33)30-23-10-6-5-9-21(23)28/h4-15,22,24H,16-17,28H2,1-3H3,(H,30,33)(H3,29,31,34). The number of benzene rings is 3. The minimum Gasteiger partial charge on any atom is -0.496 e. The van der Waals surface area contributed by atoms with E-state index in [9.17, 15) is 9.59 Å². The third-order valence-corrected chi connectivity index (χ3v) is 5.95. The molecule has 0 aliphatic rings. The molecule has 0 radical (unpaired) electrons. The maximum Gasteiger partial charge on any atom is 0.312 e. The molecule has 8 heteroatoms. The fourth-order valence-corrected chi connectivity index (χ4v) is 4.12. The number of para-hydroxylation sites is 3. The smallest absolute Gasteiger partial charge is 0.312 e. The topological polar surface area (TPSA) is 123 Å². The van der Waals surface area contributed by atoms with Gasteiger partial charge in [-0.3, -0.25) is 4.79 Å². The molecule has 0 aromatic heterocycles. The quantitative estimate of drug-likeness (QED) is 0.325. The van der Waals surface area contributed by atoms with Gasteiger partial charge in [0.1, 0.15) is 5.75 Å². The molecule has 0 saturated carbocycles. The Morgan fingerprint density at radius 2 is 1.60 bits per heavy atom. The Kier molecular flexibility index (Phi) is 8.69. The van der Waals surface area contributed by atoms with Crippen molar-refractivity contribution in [2.75, 3.05) is 32.3 Å². The average Bonchev–Trinajstić information content (AvgIpc) is 2.84. The maximum absolute atomic E-state index is 12.7. The van der Waals surface area contributed by atoms with Crippen molar-refractivity contribution in [3.8, 4) is 5.75 Å². The lowest BCUT2D eigenvalue weighted by Crippen LogP contribution is -2.34. The van der Waals surface area contributed by atoms with Crippen LogP contribution in [0.3, 0.4) is 0 Å². The molecule has 0 saturated heterocycles. The van der Waals surface area contributed by atoms with Crippen molar-refractivity contribution in [3.63, 3.8) is 0 Å². The summed E-state index contributed by atoms with van der Waals surface area (Å²) in [4.78, 5) is 26.5. The molecule has 6 N–H and O–H groups in total. The number of rotatable bonds is 10. The summed E-state index contributed by atoms with van der Waals surface area (Å²) >= 11 is 0. The van der Waals surface area contributed by atoms with Crippen molar-refractivity contribution >= 4 is 23.3 Å². The minimum absolute atomic E-state index is 0.0738. The first-order chi connectivity index (χ1) is 16.8. The summed E-state index contributed by atoms with van der Waals surface area (Å²) in [6, 6.07) is 21.3. The Labute approximate surface area is 206 Å². The number of ether oxygens (including phenoxy) is 1. The van der Waals surface area contributed by atoms with Crippen LogP contribution in [0.2, 0.25) is 0 Å². The Hall–Kier alpha value is -4.04. The monoisotopic (exact) mass is 475 g/mol. The summed E-state index contributed by atoms with van der Waals surface area (Å²) in [6.45, 7) is 0. The molecule has 3 aromatic carbocycles. The van der Waals surface area contributed by atoms with Crippen molar-refractivity contribution in [3.05, 3.63) is 89.5 Å². The predicted octanol–water partition coefficient (Wildman–Crippen LogP) is 4.32. The van der Waals surface area contributed by atoms with Gasteiger partial charge < -0.3 is 31.7 Å². The van der Waals surface area contributed by atoms with Crippen LogP contribution in [0.15, 0.2) is 72.8 Å². The van der Waals surface area contributed by atoms with E-state index in [0.29, 0.717) is 23.4 Å². The van der Waals surface area contributed by atoms with E-state index in [-0.39, 0.29) is 18.0 Å². The molecule has 2 unspecified atom stereocenters. The number of nitrogen functional groups attached to an aromatic ring is 1. The number of nitrogens with zero attached hydrogens (tertiary/aromatic N) is 1. The second-order valence-corrected chi connectivity index (χ2v) is 8.52. The number of amides is 3. The summed E-state index contributed by atoms with van der Waals surface area (Å²) in [5.41, 5.74) is 14.9. The van der Waals surface area contributed by atoms with Crippen LogP contribution >= 0.6 is 0 Å². The van der Waals surface area contributed by atoms with Crippen LogP contribution in [0.25, 0.3) is 0 Å². The predicted molar refractivity (Wildman–Crippen MR) is 139 cm³/mol. The van der Waals surface area contributed by atoms with Gasteiger partial charge >= 0.3 is 6.03 Å². The first-order valence-electron chi connectivity index (χ1n) is 11.4. The zero-order valence-electron chi connectivity index (χ0n) is 20.3. The largest absolute Gasteiger partial charge is 0.496 e. The van der Waals surface area contributed by atoms with E-state index in [1.807, 2.05) is 50.5 Å². The van der Waals surface area contributed by atoms with Gasteiger partial charge in [0.2, 0.25) is 0 Å². The number of nitrogens with one attached hydrogen (secondary N) is 2. The molecule has 0 aliphatic carbocycles. The second kappa shape index (κ2) is 11.9. The maximum atomic E-state index is 12.7. The molecule has 0 heterocycles. The number of carbonyl (C=O) groups is 2. The summed E-state index contributed by atoms with van der Waals surface area (Å²) < 4.78 is 5.56. The molecule has 184 valence electrons. The number of primary amides is 1. The van der Waals surface area contributed by atoms with Gasteiger partial charge in [-0.15, -0.1) is 0 Å². The van der Waals surface area contributed by atoms with Crippen LogP contribution in [-0.4, -0.2) is 38.0 Å². The van der Waals surface area contributed by atoms with Crippen LogP contribution in [0, 0.1) is 0 Å². The van der Waals surface area contributed by atoms with Crippen molar-refractivity contribution < 1.29 is 14.3 Å². The van der Waals surface area contributed by atoms with Crippen LogP contribution in [0.4, 0.5) is 16.2 Å². The lowest BCUT2D eigenvalue weighted by atomic mass is 9.94. The van der Waals surface area contributed by atoms with Gasteiger partial charge in [-0.05, 0) is 62.8 Å². The van der Waals surface area contributed by atoms with E-state index in [2.05, 4.69) is 15.5 Å². The molecule has 3 amide bonds. The number of carbonyl (C=O) groups excluding carboxylic acids is 2.